The van der Waals surface area contributed by atoms with Crippen molar-refractivity contribution < 1.29 is 51.0 Å². The quantitative estimate of drug-likeness (QED) is 0.441. The van der Waals surface area contributed by atoms with Gasteiger partial charge in [0.2, 0.25) is 0 Å². The molecule has 0 N–H and O–H groups in total. The van der Waals surface area contributed by atoms with Gasteiger partial charge in [0.15, 0.2) is 0 Å². The molecule has 2 aromatic rings. The van der Waals surface area contributed by atoms with Crippen LogP contribution in [0.15, 0.2) is 59.2 Å². The number of rotatable bonds is 2. The van der Waals surface area contributed by atoms with E-state index in [1.54, 1.807) is 27.8 Å². The fourth-order valence-electron chi connectivity index (χ4n) is 6.76. The van der Waals surface area contributed by atoms with Gasteiger partial charge in [-0.3, -0.25) is 0 Å². The van der Waals surface area contributed by atoms with Crippen molar-refractivity contribution in [2.45, 2.75) is 105 Å². The Morgan fingerprint density at radius 1 is 0.763 bits per heavy atom. The number of fused-ring (bicyclic) bond motifs is 3. The first-order valence-electron chi connectivity index (χ1n) is 13.7. The van der Waals surface area contributed by atoms with Crippen LogP contribution in [-0.2, 0) is 37.0 Å². The third-order valence-corrected chi connectivity index (χ3v) is 9.19. The van der Waals surface area contributed by atoms with Crippen molar-refractivity contribution in [2.24, 2.45) is 10.8 Å². The van der Waals surface area contributed by atoms with Crippen molar-refractivity contribution in [1.29, 1.82) is 0 Å². The molecule has 0 saturated heterocycles. The molecule has 203 valence electrons. The molecular weight excluding hydrogens is 583 g/mol. The summed E-state index contributed by atoms with van der Waals surface area (Å²) in [7, 11) is 0. The maximum absolute atomic E-state index is 2.61. The van der Waals surface area contributed by atoms with E-state index in [2.05, 4.69) is 118 Å². The maximum Gasteiger partial charge on any atom is 3.00 e. The van der Waals surface area contributed by atoms with Crippen LogP contribution >= 0.6 is 0 Å². The van der Waals surface area contributed by atoms with Gasteiger partial charge in [-0.1, -0.05) is 123 Å². The van der Waals surface area contributed by atoms with Gasteiger partial charge in [0.05, 0.1) is 0 Å². The van der Waals surface area contributed by atoms with Crippen LogP contribution in [0, 0.1) is 17.3 Å². The van der Waals surface area contributed by atoms with Gasteiger partial charge in [-0.15, -0.1) is 12.5 Å². The molecule has 3 aliphatic carbocycles. The van der Waals surface area contributed by atoms with Gasteiger partial charge in [-0.05, 0) is 56.0 Å². The Labute approximate surface area is 264 Å². The van der Waals surface area contributed by atoms with E-state index in [1.165, 1.54) is 28.7 Å². The number of allylic oxidation sites excluding steroid dienone is 4. The third-order valence-electron chi connectivity index (χ3n) is 9.19. The predicted octanol–water partition coefficient (Wildman–Crippen LogP) is 4.08. The molecule has 1 atom stereocenters. The molecular formula is C35H45Cl2Zr. The fraction of sp³-hybridized carbons (Fsp3) is 0.514. The summed E-state index contributed by atoms with van der Waals surface area (Å²) < 4.78 is 0. The molecule has 2 aromatic carbocycles. The Hall–Kier alpha value is -0.747. The van der Waals surface area contributed by atoms with Crippen LogP contribution in [0.1, 0.15) is 117 Å². The molecule has 38 heavy (non-hydrogen) atoms. The van der Waals surface area contributed by atoms with Crippen molar-refractivity contribution in [3.8, 4) is 11.1 Å². The summed E-state index contributed by atoms with van der Waals surface area (Å²) in [6.07, 6.45) is 8.66. The minimum atomic E-state index is 0. The fourth-order valence-corrected chi connectivity index (χ4v) is 6.76. The molecule has 3 aliphatic rings. The number of halogens is 2. The standard InChI is InChI=1S/C35H45.2ClH.Zr/c1-11-35(17-16-22-18-25(21-30(22)35)34(8,9)10)31-28-19-23(32(2,3)4)12-14-26(28)27-15-13-24(20-29(27)31)33(5,6)7;;;/h12-16,19-21,31H,11,17-18H2,1-10H3;2*1H;/q-1;;;+3/p-2. The van der Waals surface area contributed by atoms with Crippen molar-refractivity contribution >= 4 is 0 Å². The SMILES string of the molecule is CCC1(C2c3cc(C(C)(C)C)ccc3-c3ccc(C(C)(C)C)cc32)C[CH-]C2=C1C=C(C(C)(C)C)C2.[Cl-].[Cl-].[Zr+3]. The van der Waals surface area contributed by atoms with Crippen LogP contribution in [0.4, 0.5) is 0 Å². The molecule has 0 heterocycles. The van der Waals surface area contributed by atoms with E-state index in [0.29, 0.717) is 5.92 Å². The van der Waals surface area contributed by atoms with Gasteiger partial charge in [-0.2, -0.15) is 5.57 Å². The molecule has 5 rings (SSSR count). The zero-order valence-electron chi connectivity index (χ0n) is 25.1. The molecule has 0 aliphatic heterocycles. The van der Waals surface area contributed by atoms with Gasteiger partial charge < -0.3 is 24.8 Å². The third kappa shape index (κ3) is 5.31. The maximum atomic E-state index is 2.61. The summed E-state index contributed by atoms with van der Waals surface area (Å²) in [6.45, 7) is 23.6. The second-order valence-corrected chi connectivity index (χ2v) is 14.5. The van der Waals surface area contributed by atoms with E-state index >= 15 is 0 Å². The van der Waals surface area contributed by atoms with Crippen molar-refractivity contribution in [1.82, 2.24) is 0 Å². The Balaban J connectivity index is 0.00000169. The van der Waals surface area contributed by atoms with E-state index < -0.39 is 0 Å². The molecule has 3 heteroatoms. The van der Waals surface area contributed by atoms with Crippen molar-refractivity contribution in [2.75, 3.05) is 0 Å². The number of hydrogen-bond donors (Lipinski definition) is 0. The van der Waals surface area contributed by atoms with Gasteiger partial charge in [0.1, 0.15) is 0 Å². The Morgan fingerprint density at radius 3 is 1.63 bits per heavy atom. The summed E-state index contributed by atoms with van der Waals surface area (Å²) in [5.74, 6) is 0.404. The normalized spacial score (nSPS) is 20.4. The van der Waals surface area contributed by atoms with Gasteiger partial charge in [-0.25, -0.2) is 12.0 Å². The summed E-state index contributed by atoms with van der Waals surface area (Å²) in [5, 5.41) is 0. The topological polar surface area (TPSA) is 0 Å². The van der Waals surface area contributed by atoms with Gasteiger partial charge in [0.25, 0.3) is 0 Å². The van der Waals surface area contributed by atoms with Crippen LogP contribution < -0.4 is 24.8 Å². The Kier molecular flexibility index (Phi) is 9.61. The second-order valence-electron chi connectivity index (χ2n) is 14.5. The zero-order chi connectivity index (χ0) is 25.6. The Bertz CT molecular complexity index is 1200. The largest absolute Gasteiger partial charge is 3.00 e. The molecule has 0 fully saturated rings. The first kappa shape index (κ1) is 33.5. The van der Waals surface area contributed by atoms with Crippen LogP contribution in [-0.4, -0.2) is 0 Å². The van der Waals surface area contributed by atoms with E-state index in [0.717, 1.165) is 12.8 Å². The second kappa shape index (κ2) is 10.9. The van der Waals surface area contributed by atoms with Crippen LogP contribution in [0.2, 0.25) is 0 Å². The number of hydrogen-bond acceptors (Lipinski definition) is 0. The zero-order valence-corrected chi connectivity index (χ0v) is 29.0. The minimum Gasteiger partial charge on any atom is -1.00 e. The molecule has 0 saturated carbocycles. The molecule has 0 aromatic heterocycles. The van der Waals surface area contributed by atoms with E-state index in [4.69, 9.17) is 0 Å². The van der Waals surface area contributed by atoms with Gasteiger partial charge >= 0.3 is 26.2 Å². The molecule has 1 unspecified atom stereocenters. The monoisotopic (exact) mass is 625 g/mol. The van der Waals surface area contributed by atoms with E-state index in [1.807, 2.05) is 0 Å². The first-order valence-corrected chi connectivity index (χ1v) is 13.7. The van der Waals surface area contributed by atoms with Crippen LogP contribution in [0.25, 0.3) is 11.1 Å². The molecule has 0 bridgehead atoms. The van der Waals surface area contributed by atoms with E-state index in [-0.39, 0.29) is 72.7 Å². The van der Waals surface area contributed by atoms with Crippen LogP contribution in [0.3, 0.4) is 0 Å². The summed E-state index contributed by atoms with van der Waals surface area (Å²) in [5.41, 5.74) is 14.4. The van der Waals surface area contributed by atoms with Crippen LogP contribution in [0.5, 0.6) is 0 Å². The minimum absolute atomic E-state index is 0. The molecule has 0 spiro atoms. The summed E-state index contributed by atoms with van der Waals surface area (Å²) in [4.78, 5) is 0. The molecule has 1 radical (unpaired) electrons. The van der Waals surface area contributed by atoms with Crippen molar-refractivity contribution in [3.63, 3.8) is 0 Å². The first-order chi connectivity index (χ1) is 16.2. The Morgan fingerprint density at radius 2 is 1.24 bits per heavy atom. The smallest absolute Gasteiger partial charge is 1.00 e. The average Bonchev–Trinajstić information content (AvgIpc) is 3.42. The predicted molar refractivity (Wildman–Crippen MR) is 152 cm³/mol. The number of benzene rings is 2. The molecule has 0 nitrogen and oxygen atoms in total. The summed E-state index contributed by atoms with van der Waals surface area (Å²) >= 11 is 0. The van der Waals surface area contributed by atoms with Gasteiger partial charge in [0, 0.05) is 5.92 Å². The average molecular weight is 628 g/mol. The summed E-state index contributed by atoms with van der Waals surface area (Å²) in [6, 6.07) is 14.7. The van der Waals surface area contributed by atoms with E-state index in [9.17, 15) is 0 Å². The van der Waals surface area contributed by atoms with Crippen molar-refractivity contribution in [3.05, 3.63) is 87.9 Å². The molecule has 0 amide bonds.